The molecule has 3 heteroatoms. The summed E-state index contributed by atoms with van der Waals surface area (Å²) in [5.41, 5.74) is 1.36. The summed E-state index contributed by atoms with van der Waals surface area (Å²) in [5.74, 6) is 7.86. The molecule has 1 aliphatic rings. The van der Waals surface area contributed by atoms with Gasteiger partial charge in [-0.1, -0.05) is 31.4 Å². The molecule has 0 aromatic heterocycles. The Morgan fingerprint density at radius 3 is 2.87 bits per heavy atom. The summed E-state index contributed by atoms with van der Waals surface area (Å²) in [6.45, 7) is 6.94. The molecule has 23 heavy (non-hydrogen) atoms. The van der Waals surface area contributed by atoms with Crippen LogP contribution in [0.25, 0.3) is 0 Å². The average Bonchev–Trinajstić information content (AvgIpc) is 2.83. The molecule has 1 aromatic rings. The first kappa shape index (κ1) is 17.1. The van der Waals surface area contributed by atoms with E-state index in [1.807, 2.05) is 29.2 Å². The Labute approximate surface area is 142 Å². The van der Waals surface area contributed by atoms with Gasteiger partial charge in [-0.05, 0) is 49.9 Å². The minimum atomic E-state index is 0. The van der Waals surface area contributed by atoms with E-state index in [9.17, 15) is 4.79 Å². The number of hydrogen-bond acceptors (Lipinski definition) is 2. The zero-order valence-electron chi connectivity index (χ0n) is 13.8. The van der Waals surface area contributed by atoms with Crippen LogP contribution in [0.5, 0.6) is 0 Å². The molecule has 0 radical (unpaired) electrons. The Balaban J connectivity index is 0.00000288. The van der Waals surface area contributed by atoms with E-state index in [1.165, 1.54) is 12.8 Å². The highest BCUT2D eigenvalue weighted by atomic mass is 16.2. The van der Waals surface area contributed by atoms with E-state index in [0.717, 1.165) is 39.1 Å². The molecule has 0 saturated carbocycles. The number of carbonyl (C=O) groups excluding carboxylic acids is 1. The number of terminal acetylenes is 1. The fourth-order valence-electron chi connectivity index (χ4n) is 2.83. The van der Waals surface area contributed by atoms with E-state index in [4.69, 9.17) is 6.42 Å². The molecule has 1 aromatic carbocycles. The lowest BCUT2D eigenvalue weighted by Crippen LogP contribution is -2.35. The van der Waals surface area contributed by atoms with Gasteiger partial charge in [0.05, 0.1) is 5.56 Å². The molecule has 0 atom stereocenters. The zero-order chi connectivity index (χ0) is 16.5. The van der Waals surface area contributed by atoms with Crippen LogP contribution in [0.4, 0.5) is 0 Å². The second-order valence-corrected chi connectivity index (χ2v) is 5.78. The van der Waals surface area contributed by atoms with E-state index < -0.39 is 0 Å². The highest BCUT2D eigenvalue weighted by Gasteiger charge is 2.21. The molecule has 1 fully saturated rings. The van der Waals surface area contributed by atoms with Gasteiger partial charge in [-0.3, -0.25) is 4.79 Å². The maximum Gasteiger partial charge on any atom is 0.255 e. The molecule has 0 unspecified atom stereocenters. The van der Waals surface area contributed by atoms with Crippen LogP contribution in [0.1, 0.15) is 45.0 Å². The molecule has 0 N–H and O–H groups in total. The van der Waals surface area contributed by atoms with Crippen LogP contribution < -0.4 is 0 Å². The van der Waals surface area contributed by atoms with Gasteiger partial charge in [-0.15, -0.1) is 6.42 Å². The topological polar surface area (TPSA) is 23.6 Å². The van der Waals surface area contributed by atoms with Crippen LogP contribution in [0, 0.1) is 24.2 Å². The predicted octanol–water partition coefficient (Wildman–Crippen LogP) is 3.11. The van der Waals surface area contributed by atoms with Gasteiger partial charge in [0, 0.05) is 28.1 Å². The maximum atomic E-state index is 12.8. The van der Waals surface area contributed by atoms with Crippen LogP contribution in [0.3, 0.4) is 0 Å². The van der Waals surface area contributed by atoms with E-state index >= 15 is 0 Å². The number of benzene rings is 1. The second-order valence-electron chi connectivity index (χ2n) is 5.78. The Kier molecular flexibility index (Phi) is 6.73. The highest BCUT2D eigenvalue weighted by molar-refractivity contribution is 5.96. The van der Waals surface area contributed by atoms with E-state index in [1.54, 1.807) is 0 Å². The Hall–Kier alpha value is -2.23. The summed E-state index contributed by atoms with van der Waals surface area (Å²) in [6, 6.07) is 7.44. The summed E-state index contributed by atoms with van der Waals surface area (Å²) in [7, 11) is 0. The van der Waals surface area contributed by atoms with Gasteiger partial charge < -0.3 is 9.80 Å². The molecule has 1 saturated heterocycles. The molecule has 2 rings (SSSR count). The van der Waals surface area contributed by atoms with Crippen molar-refractivity contribution in [3.63, 3.8) is 0 Å². The van der Waals surface area contributed by atoms with E-state index in [-0.39, 0.29) is 8.76 Å². The molecule has 1 heterocycles. The highest BCUT2D eigenvalue weighted by Crippen LogP contribution is 2.13. The molecular weight excluding hydrogens is 284 g/mol. The van der Waals surface area contributed by atoms with Crippen molar-refractivity contribution in [3.05, 3.63) is 35.4 Å². The summed E-state index contributed by atoms with van der Waals surface area (Å²) in [4.78, 5) is 17.3. The fraction of sp³-hybridized carbons (Fsp3) is 0.450. The molecule has 0 aliphatic carbocycles. The number of nitrogens with zero attached hydrogens (tertiary/aromatic N) is 2. The first-order valence-electron chi connectivity index (χ1n) is 8.33. The van der Waals surface area contributed by atoms with Crippen molar-refractivity contribution in [1.82, 2.24) is 9.80 Å². The second kappa shape index (κ2) is 9.03. The Morgan fingerprint density at radius 1 is 1.26 bits per heavy atom. The molecule has 3 nitrogen and oxygen atoms in total. The first-order chi connectivity index (χ1) is 11.3. The Morgan fingerprint density at radius 2 is 2.09 bits per heavy atom. The number of amides is 1. The third-order valence-electron chi connectivity index (χ3n) is 4.13. The molecule has 124 valence electrons. The van der Waals surface area contributed by atoms with Crippen molar-refractivity contribution in [2.24, 2.45) is 0 Å². The van der Waals surface area contributed by atoms with Gasteiger partial charge in [0.15, 0.2) is 0 Å². The third-order valence-corrected chi connectivity index (χ3v) is 4.13. The van der Waals surface area contributed by atoms with Crippen LogP contribution >= 0.6 is 0 Å². The Bertz CT molecular complexity index is 643. The quantitative estimate of drug-likeness (QED) is 0.798. The van der Waals surface area contributed by atoms with Crippen LogP contribution in [0.15, 0.2) is 24.3 Å². The van der Waals surface area contributed by atoms with Crippen LogP contribution in [0.2, 0.25) is 0 Å². The molecule has 1 amide bonds. The average molecular weight is 312 g/mol. The van der Waals surface area contributed by atoms with Crippen molar-refractivity contribution in [2.75, 3.05) is 32.7 Å². The summed E-state index contributed by atoms with van der Waals surface area (Å²) in [6.07, 6.45) is 8.65. The van der Waals surface area contributed by atoms with Gasteiger partial charge in [-0.25, -0.2) is 0 Å². The molecule has 0 spiro atoms. The lowest BCUT2D eigenvalue weighted by Gasteiger charge is -2.22. The van der Waals surface area contributed by atoms with Gasteiger partial charge in [0.1, 0.15) is 0 Å². The molecule has 1 aliphatic heterocycles. The van der Waals surface area contributed by atoms with Crippen LogP contribution in [-0.4, -0.2) is 48.4 Å². The number of carbonyl (C=O) groups is 1. The van der Waals surface area contributed by atoms with Gasteiger partial charge in [0.2, 0.25) is 0 Å². The minimum absolute atomic E-state index is 0. The monoisotopic (exact) mass is 312 g/mol. The normalized spacial score (nSPS) is 15.2. The number of hydrogen-bond donors (Lipinski definition) is 0. The predicted molar refractivity (Wildman–Crippen MR) is 98.2 cm³/mol. The van der Waals surface area contributed by atoms with Gasteiger partial charge >= 0.3 is 0 Å². The SMILES string of the molecule is C#CC#Cc1ccccc1C(=O)N1CCCN(CCCC)CC1.[HH].[HH]. The zero-order valence-corrected chi connectivity index (χ0v) is 13.8. The smallest absolute Gasteiger partial charge is 0.255 e. The summed E-state index contributed by atoms with van der Waals surface area (Å²) >= 11 is 0. The largest absolute Gasteiger partial charge is 0.337 e. The van der Waals surface area contributed by atoms with E-state index in [0.29, 0.717) is 11.1 Å². The van der Waals surface area contributed by atoms with E-state index in [2.05, 4.69) is 29.6 Å². The fourth-order valence-corrected chi connectivity index (χ4v) is 2.83. The summed E-state index contributed by atoms with van der Waals surface area (Å²) in [5, 5.41) is 0. The lowest BCUT2D eigenvalue weighted by atomic mass is 10.1. The van der Waals surface area contributed by atoms with Crippen molar-refractivity contribution in [2.45, 2.75) is 26.2 Å². The van der Waals surface area contributed by atoms with Crippen LogP contribution in [-0.2, 0) is 0 Å². The van der Waals surface area contributed by atoms with Crippen molar-refractivity contribution < 1.29 is 7.65 Å². The standard InChI is InChI=1S/C20H24N2O.2H2/c1-3-5-10-18-11-7-8-12-19(18)20(23)22-15-9-14-21(16-17-22)13-6-4-2;;/h1,7-8,11-12H,4,6,9,13-17H2,2H3;2*1H. The number of rotatable bonds is 4. The van der Waals surface area contributed by atoms with Gasteiger partial charge in [-0.2, -0.15) is 0 Å². The minimum Gasteiger partial charge on any atom is -0.337 e. The van der Waals surface area contributed by atoms with Gasteiger partial charge in [0.25, 0.3) is 5.91 Å². The number of unbranched alkanes of at least 4 members (excludes halogenated alkanes) is 1. The lowest BCUT2D eigenvalue weighted by molar-refractivity contribution is 0.0761. The maximum absolute atomic E-state index is 12.8. The third kappa shape index (κ3) is 4.88. The summed E-state index contributed by atoms with van der Waals surface area (Å²) < 4.78 is 0. The van der Waals surface area contributed by atoms with Crippen molar-refractivity contribution in [3.8, 4) is 24.2 Å². The first-order valence-corrected chi connectivity index (χ1v) is 8.33. The molecule has 0 bridgehead atoms. The van der Waals surface area contributed by atoms with Crippen molar-refractivity contribution >= 4 is 5.91 Å². The van der Waals surface area contributed by atoms with Crippen molar-refractivity contribution in [1.29, 1.82) is 0 Å². The molecular formula is C20H28N2O.